The number of hydrogen-bond donors (Lipinski definition) is 0. The number of likely N-dealkylation sites (N-methyl/N-ethyl adjacent to an activating group) is 1. The van der Waals surface area contributed by atoms with E-state index in [-0.39, 0.29) is 5.41 Å². The summed E-state index contributed by atoms with van der Waals surface area (Å²) in [7, 11) is -0.513. The lowest BCUT2D eigenvalue weighted by Gasteiger charge is -2.40. The zero-order valence-corrected chi connectivity index (χ0v) is 24.2. The van der Waals surface area contributed by atoms with Crippen molar-refractivity contribution in [2.75, 3.05) is 38.3 Å². The summed E-state index contributed by atoms with van der Waals surface area (Å²) >= 11 is 5.21. The Bertz CT molecular complexity index is 1380. The second kappa shape index (κ2) is 9.10. The minimum absolute atomic E-state index is 0.00482. The molecule has 3 aliphatic rings. The second-order valence-corrected chi connectivity index (χ2v) is 14.4. The van der Waals surface area contributed by atoms with Crippen LogP contribution in [0.3, 0.4) is 0 Å². The summed E-state index contributed by atoms with van der Waals surface area (Å²) < 4.78 is 21.7. The molecular weight excluding hydrogens is 555 g/mol. The quantitative estimate of drug-likeness (QED) is 0.309. The van der Waals surface area contributed by atoms with Crippen LogP contribution in [0.15, 0.2) is 68.1 Å². The number of benzene rings is 2. The van der Waals surface area contributed by atoms with E-state index in [2.05, 4.69) is 89.0 Å². The van der Waals surface area contributed by atoms with Crippen molar-refractivity contribution in [2.45, 2.75) is 32.2 Å². The lowest BCUT2D eigenvalue weighted by atomic mass is 9.81. The van der Waals surface area contributed by atoms with Crippen LogP contribution in [0.2, 0.25) is 0 Å². The third-order valence-corrected chi connectivity index (χ3v) is 12.2. The normalized spacial score (nSPS) is 25.1. The van der Waals surface area contributed by atoms with Crippen LogP contribution >= 0.6 is 34.7 Å². The first kappa shape index (κ1) is 24.4. The first-order chi connectivity index (χ1) is 17.3. The third kappa shape index (κ3) is 3.89. The molecule has 6 rings (SSSR count). The Morgan fingerprint density at radius 2 is 1.89 bits per heavy atom. The maximum absolute atomic E-state index is 7.05. The van der Waals surface area contributed by atoms with Crippen molar-refractivity contribution in [3.63, 3.8) is 0 Å². The van der Waals surface area contributed by atoms with Gasteiger partial charge in [0.2, 0.25) is 13.3 Å². The van der Waals surface area contributed by atoms with Gasteiger partial charge in [0, 0.05) is 41.8 Å². The number of thiophene rings is 1. The highest BCUT2D eigenvalue weighted by Gasteiger charge is 2.46. The monoisotopic (exact) mass is 584 g/mol. The van der Waals surface area contributed by atoms with Crippen molar-refractivity contribution in [3.05, 3.63) is 68.8 Å². The molecule has 1 saturated heterocycles. The molecular formula is C27H30BrN4O2PS. The van der Waals surface area contributed by atoms with Gasteiger partial charge in [-0.15, -0.1) is 11.3 Å². The molecule has 0 N–H and O–H groups in total. The van der Waals surface area contributed by atoms with Crippen molar-refractivity contribution in [2.24, 2.45) is 9.74 Å². The van der Waals surface area contributed by atoms with Gasteiger partial charge in [0.25, 0.3) is 0 Å². The van der Waals surface area contributed by atoms with Gasteiger partial charge in [-0.05, 0) is 60.3 Å². The van der Waals surface area contributed by atoms with E-state index >= 15 is 0 Å². The number of halogens is 1. The molecule has 9 heteroatoms. The molecule has 0 saturated carbocycles. The average molecular weight is 586 g/mol. The molecule has 0 spiro atoms. The van der Waals surface area contributed by atoms with Crippen LogP contribution in [-0.4, -0.2) is 50.0 Å². The standard InChI is InChI=1S/C27H30BrN4O2PS/c1-18-27(2,3)21-16-24-22(17-23(21)31(18)4)29-26(25-6-5-15-36-25)34-35(24,32-11-13-33-14-12-32)30-20-9-7-19(28)8-10-20/h5-10,15-18H,11-14H2,1-4H3/t18-,35-/m0/s1. The van der Waals surface area contributed by atoms with E-state index in [1.165, 1.54) is 11.3 Å². The van der Waals surface area contributed by atoms with Gasteiger partial charge in [0.15, 0.2) is 0 Å². The molecule has 2 aromatic carbocycles. The maximum atomic E-state index is 7.05. The molecule has 1 fully saturated rings. The number of rotatable bonds is 3. The van der Waals surface area contributed by atoms with Crippen molar-refractivity contribution in [3.8, 4) is 0 Å². The zero-order chi connectivity index (χ0) is 25.1. The van der Waals surface area contributed by atoms with Crippen LogP contribution in [0.4, 0.5) is 17.1 Å². The predicted octanol–water partition coefficient (Wildman–Crippen LogP) is 7.06. The fraction of sp³-hybridized carbons (Fsp3) is 0.370. The minimum atomic E-state index is -2.70. The zero-order valence-electron chi connectivity index (χ0n) is 20.9. The van der Waals surface area contributed by atoms with E-state index in [0.29, 0.717) is 25.2 Å². The Hall–Kier alpha value is -1.96. The van der Waals surface area contributed by atoms with E-state index < -0.39 is 7.43 Å². The predicted molar refractivity (Wildman–Crippen MR) is 154 cm³/mol. The summed E-state index contributed by atoms with van der Waals surface area (Å²) in [6, 6.07) is 17.3. The molecule has 1 aromatic heterocycles. The highest BCUT2D eigenvalue weighted by Crippen LogP contribution is 2.61. The summed E-state index contributed by atoms with van der Waals surface area (Å²) in [5, 5.41) is 3.17. The molecule has 3 aliphatic heterocycles. The Morgan fingerprint density at radius 1 is 1.14 bits per heavy atom. The molecule has 0 radical (unpaired) electrons. The van der Waals surface area contributed by atoms with Gasteiger partial charge in [-0.1, -0.05) is 35.8 Å². The molecule has 36 heavy (non-hydrogen) atoms. The van der Waals surface area contributed by atoms with Crippen molar-refractivity contribution in [1.29, 1.82) is 0 Å². The minimum Gasteiger partial charge on any atom is -0.424 e. The number of morpholine rings is 1. The lowest BCUT2D eigenvalue weighted by Crippen LogP contribution is -2.39. The molecule has 3 aromatic rings. The van der Waals surface area contributed by atoms with Gasteiger partial charge in [-0.25, -0.2) is 14.4 Å². The Balaban J connectivity index is 1.66. The molecule has 0 unspecified atom stereocenters. The van der Waals surface area contributed by atoms with Gasteiger partial charge >= 0.3 is 0 Å². The third-order valence-electron chi connectivity index (χ3n) is 7.72. The highest BCUT2D eigenvalue weighted by molar-refractivity contribution is 9.10. The number of hydrogen-bond acceptors (Lipinski definition) is 6. The van der Waals surface area contributed by atoms with E-state index in [1.54, 1.807) is 11.3 Å². The fourth-order valence-corrected chi connectivity index (χ4v) is 9.26. The van der Waals surface area contributed by atoms with E-state index in [1.807, 2.05) is 18.2 Å². The summed E-state index contributed by atoms with van der Waals surface area (Å²) in [5.74, 6) is 0.658. The first-order valence-corrected chi connectivity index (χ1v) is 15.5. The topological polar surface area (TPSA) is 49.7 Å². The summed E-state index contributed by atoms with van der Waals surface area (Å²) in [4.78, 5) is 8.50. The maximum Gasteiger partial charge on any atom is 0.242 e. The van der Waals surface area contributed by atoms with Gasteiger partial charge in [0.1, 0.15) is 0 Å². The van der Waals surface area contributed by atoms with Gasteiger partial charge in [-0.2, -0.15) is 0 Å². The number of nitrogens with zero attached hydrogens (tertiary/aromatic N) is 4. The van der Waals surface area contributed by atoms with Crippen LogP contribution in [0.1, 0.15) is 31.2 Å². The van der Waals surface area contributed by atoms with Gasteiger partial charge < -0.3 is 14.2 Å². The molecule has 6 nitrogen and oxygen atoms in total. The molecule has 0 bridgehead atoms. The van der Waals surface area contributed by atoms with Crippen LogP contribution in [0, 0.1) is 0 Å². The average Bonchev–Trinajstić information content (AvgIpc) is 3.48. The number of fused-ring (bicyclic) bond motifs is 2. The largest absolute Gasteiger partial charge is 0.424 e. The summed E-state index contributed by atoms with van der Waals surface area (Å²) in [6.45, 7) is 9.82. The number of aliphatic imine (C=N–C) groups is 1. The van der Waals surface area contributed by atoms with Crippen molar-refractivity contribution >= 4 is 63.0 Å². The number of anilines is 1. The molecule has 0 amide bonds. The van der Waals surface area contributed by atoms with Gasteiger partial charge in [-0.3, -0.25) is 0 Å². The smallest absolute Gasteiger partial charge is 0.242 e. The second-order valence-electron chi connectivity index (χ2n) is 10.0. The van der Waals surface area contributed by atoms with E-state index in [9.17, 15) is 0 Å². The van der Waals surface area contributed by atoms with Crippen LogP contribution in [-0.2, 0) is 14.7 Å². The Morgan fingerprint density at radius 3 is 2.58 bits per heavy atom. The van der Waals surface area contributed by atoms with E-state index in [4.69, 9.17) is 19.0 Å². The molecule has 188 valence electrons. The SMILES string of the molecule is C[C@@H]1N(C)c2cc3c(cc2C1(C)C)[P@](=Nc1ccc(Br)cc1)(N1CCOCC1)OC(c1cccs1)=N3. The van der Waals surface area contributed by atoms with Crippen LogP contribution < -0.4 is 10.2 Å². The van der Waals surface area contributed by atoms with E-state index in [0.717, 1.165) is 39.1 Å². The molecule has 0 aliphatic carbocycles. The first-order valence-electron chi connectivity index (χ1n) is 12.2. The Labute approximate surface area is 225 Å². The Kier molecular flexibility index (Phi) is 6.17. The van der Waals surface area contributed by atoms with Crippen molar-refractivity contribution < 1.29 is 9.26 Å². The lowest BCUT2D eigenvalue weighted by molar-refractivity contribution is 0.0716. The van der Waals surface area contributed by atoms with Crippen molar-refractivity contribution in [1.82, 2.24) is 4.67 Å². The number of ether oxygens (including phenoxy) is 1. The molecule has 2 atom stereocenters. The highest BCUT2D eigenvalue weighted by atomic mass is 79.9. The van der Waals surface area contributed by atoms with Gasteiger partial charge in [0.05, 0.1) is 34.8 Å². The summed E-state index contributed by atoms with van der Waals surface area (Å²) in [5.41, 5.74) is 4.43. The van der Waals surface area contributed by atoms with Crippen LogP contribution in [0.5, 0.6) is 0 Å². The molecule has 4 heterocycles. The fourth-order valence-electron chi connectivity index (χ4n) is 5.25. The van der Waals surface area contributed by atoms with Crippen LogP contribution in [0.25, 0.3) is 0 Å². The summed E-state index contributed by atoms with van der Waals surface area (Å²) in [6.07, 6.45) is 0.